The number of methoxy groups -OCH3 is 1. The van der Waals surface area contributed by atoms with Gasteiger partial charge in [-0.1, -0.05) is 40.0 Å². The fourth-order valence-electron chi connectivity index (χ4n) is 4.42. The van der Waals surface area contributed by atoms with Gasteiger partial charge in [0.05, 0.1) is 7.11 Å². The number of ether oxygens (including phenoxy) is 1. The minimum atomic E-state index is -0.419. The summed E-state index contributed by atoms with van der Waals surface area (Å²) >= 11 is 0. The van der Waals surface area contributed by atoms with Crippen molar-refractivity contribution in [3.05, 3.63) is 23.4 Å². The van der Waals surface area contributed by atoms with Crippen LogP contribution < -0.4 is 10.2 Å². The van der Waals surface area contributed by atoms with Gasteiger partial charge in [-0.05, 0) is 37.3 Å². The number of Topliss-reactive ketones (excluding diaryl/α,β-unsaturated/α-hetero) is 1. The van der Waals surface area contributed by atoms with E-state index in [0.717, 1.165) is 31.5 Å². The van der Waals surface area contributed by atoms with Crippen molar-refractivity contribution >= 4 is 17.6 Å². The van der Waals surface area contributed by atoms with Crippen LogP contribution in [0.3, 0.4) is 0 Å². The van der Waals surface area contributed by atoms with Crippen molar-refractivity contribution < 1.29 is 14.3 Å². The molecule has 2 fully saturated rings. The number of nitrogens with zero attached hydrogens (tertiary/aromatic N) is 2. The molecule has 0 unspecified atom stereocenters. The number of aromatic nitrogens is 1. The Morgan fingerprint density at radius 1 is 1.10 bits per heavy atom. The third-order valence-corrected chi connectivity index (χ3v) is 6.40. The molecule has 166 valence electrons. The van der Waals surface area contributed by atoms with E-state index >= 15 is 0 Å². The van der Waals surface area contributed by atoms with Gasteiger partial charge < -0.3 is 15.0 Å². The predicted molar refractivity (Wildman–Crippen MR) is 119 cm³/mol. The fourth-order valence-corrected chi connectivity index (χ4v) is 4.42. The smallest absolute Gasteiger partial charge is 0.341 e. The first kappa shape index (κ1) is 22.7. The Hall–Kier alpha value is -1.95. The molecular weight excluding hydrogens is 378 g/mol. The van der Waals surface area contributed by atoms with Crippen molar-refractivity contribution in [2.45, 2.75) is 84.2 Å². The number of carbonyl (C=O) groups is 2. The number of nitrogens with one attached hydrogen (secondary N) is 1. The number of ketones is 1. The summed E-state index contributed by atoms with van der Waals surface area (Å²) in [5.41, 5.74) is 0.792. The van der Waals surface area contributed by atoms with Crippen LogP contribution in [0.2, 0.25) is 0 Å². The number of carbonyl (C=O) groups excluding carboxylic acids is 2. The molecule has 6 heteroatoms. The van der Waals surface area contributed by atoms with Gasteiger partial charge >= 0.3 is 5.97 Å². The molecule has 1 saturated heterocycles. The van der Waals surface area contributed by atoms with Gasteiger partial charge in [-0.25, -0.2) is 9.78 Å². The summed E-state index contributed by atoms with van der Waals surface area (Å²) in [6, 6.07) is 2.98. The molecule has 1 aliphatic carbocycles. The van der Waals surface area contributed by atoms with Crippen LogP contribution in [0.15, 0.2) is 12.3 Å². The Bertz CT molecular complexity index is 743. The lowest BCUT2D eigenvalue weighted by atomic mass is 9.87. The number of hydrogen-bond donors (Lipinski definition) is 1. The van der Waals surface area contributed by atoms with Crippen LogP contribution in [0.1, 0.15) is 81.6 Å². The zero-order valence-corrected chi connectivity index (χ0v) is 19.0. The summed E-state index contributed by atoms with van der Waals surface area (Å²) in [4.78, 5) is 31.6. The topological polar surface area (TPSA) is 71.5 Å². The molecule has 1 aliphatic heterocycles. The molecule has 0 atom stereocenters. The molecule has 3 rings (SSSR count). The number of piperidine rings is 1. The van der Waals surface area contributed by atoms with Gasteiger partial charge in [0.25, 0.3) is 0 Å². The van der Waals surface area contributed by atoms with Crippen molar-refractivity contribution in [3.8, 4) is 0 Å². The highest BCUT2D eigenvalue weighted by Gasteiger charge is 2.27. The van der Waals surface area contributed by atoms with Gasteiger partial charge in [0.1, 0.15) is 17.2 Å². The van der Waals surface area contributed by atoms with Crippen LogP contribution in [0.4, 0.5) is 5.82 Å². The average Bonchev–Trinajstić information content (AvgIpc) is 2.74. The second-order valence-corrected chi connectivity index (χ2v) is 9.82. The minimum absolute atomic E-state index is 0.127. The summed E-state index contributed by atoms with van der Waals surface area (Å²) in [6.45, 7) is 7.45. The summed E-state index contributed by atoms with van der Waals surface area (Å²) in [6.07, 6.45) is 10.7. The quantitative estimate of drug-likeness (QED) is 0.710. The zero-order chi connectivity index (χ0) is 21.7. The molecule has 0 radical (unpaired) electrons. The normalized spacial score (nSPS) is 19.0. The molecular formula is C24H37N3O3. The number of hydrogen-bond acceptors (Lipinski definition) is 6. The molecule has 0 amide bonds. The lowest BCUT2D eigenvalue weighted by Crippen LogP contribution is -2.47. The summed E-state index contributed by atoms with van der Waals surface area (Å²) < 4.78 is 5.01. The zero-order valence-electron chi connectivity index (χ0n) is 19.0. The number of rotatable bonds is 6. The van der Waals surface area contributed by atoms with Crippen LogP contribution in [-0.2, 0) is 16.0 Å². The monoisotopic (exact) mass is 415 g/mol. The molecule has 0 bridgehead atoms. The highest BCUT2D eigenvalue weighted by Crippen LogP contribution is 2.26. The number of anilines is 1. The average molecular weight is 416 g/mol. The molecule has 1 N–H and O–H groups in total. The van der Waals surface area contributed by atoms with E-state index in [0.29, 0.717) is 23.5 Å². The van der Waals surface area contributed by atoms with E-state index in [4.69, 9.17) is 4.74 Å². The van der Waals surface area contributed by atoms with Crippen LogP contribution in [0.5, 0.6) is 0 Å². The van der Waals surface area contributed by atoms with Crippen molar-refractivity contribution in [1.82, 2.24) is 10.3 Å². The SMILES string of the molecule is COC(=O)c1cc(CC(=O)C(C)(C)C)cnc1N1CCC(NC2CCCCC2)CC1. The van der Waals surface area contributed by atoms with E-state index in [9.17, 15) is 9.59 Å². The summed E-state index contributed by atoms with van der Waals surface area (Å²) in [5, 5.41) is 3.85. The van der Waals surface area contributed by atoms with E-state index < -0.39 is 11.4 Å². The van der Waals surface area contributed by atoms with Crippen molar-refractivity contribution in [1.29, 1.82) is 0 Å². The van der Waals surface area contributed by atoms with E-state index in [2.05, 4.69) is 15.2 Å². The number of pyridine rings is 1. The first-order valence-corrected chi connectivity index (χ1v) is 11.4. The maximum absolute atomic E-state index is 12.5. The lowest BCUT2D eigenvalue weighted by molar-refractivity contribution is -0.125. The highest BCUT2D eigenvalue weighted by molar-refractivity contribution is 5.95. The van der Waals surface area contributed by atoms with Crippen LogP contribution >= 0.6 is 0 Å². The molecule has 0 aromatic carbocycles. The second kappa shape index (κ2) is 9.90. The third kappa shape index (κ3) is 5.81. The Kier molecular flexibility index (Phi) is 7.50. The Morgan fingerprint density at radius 2 is 1.73 bits per heavy atom. The van der Waals surface area contributed by atoms with E-state index in [1.807, 2.05) is 20.8 Å². The molecule has 1 saturated carbocycles. The maximum Gasteiger partial charge on any atom is 0.341 e. The van der Waals surface area contributed by atoms with Gasteiger partial charge in [0.2, 0.25) is 0 Å². The maximum atomic E-state index is 12.5. The largest absolute Gasteiger partial charge is 0.465 e. The molecule has 1 aromatic heterocycles. The van der Waals surface area contributed by atoms with Crippen LogP contribution in [0.25, 0.3) is 0 Å². The Balaban J connectivity index is 1.67. The number of esters is 1. The second-order valence-electron chi connectivity index (χ2n) is 9.82. The molecule has 2 heterocycles. The highest BCUT2D eigenvalue weighted by atomic mass is 16.5. The van der Waals surface area contributed by atoms with Gasteiger partial charge in [0, 0.05) is 43.2 Å². The lowest BCUT2D eigenvalue weighted by Gasteiger charge is -2.36. The first-order chi connectivity index (χ1) is 14.3. The Labute approximate surface area is 180 Å². The first-order valence-electron chi connectivity index (χ1n) is 11.4. The summed E-state index contributed by atoms with van der Waals surface area (Å²) in [5.74, 6) is 0.400. The standard InChI is InChI=1S/C24H37N3O3/c1-24(2,3)21(28)15-17-14-20(23(29)30-4)22(25-16-17)27-12-10-19(11-13-27)26-18-8-6-5-7-9-18/h14,16,18-19,26H,5-13,15H2,1-4H3. The molecule has 2 aliphatic rings. The molecule has 30 heavy (non-hydrogen) atoms. The van der Waals surface area contributed by atoms with Gasteiger partial charge in [0.15, 0.2) is 0 Å². The predicted octanol–water partition coefficient (Wildman–Crippen LogP) is 3.92. The van der Waals surface area contributed by atoms with Crippen LogP contribution in [-0.4, -0.2) is 49.0 Å². The van der Waals surface area contributed by atoms with Gasteiger partial charge in [-0.2, -0.15) is 0 Å². The van der Waals surface area contributed by atoms with E-state index in [-0.39, 0.29) is 12.2 Å². The van der Waals surface area contributed by atoms with Crippen molar-refractivity contribution in [2.24, 2.45) is 5.41 Å². The van der Waals surface area contributed by atoms with Crippen molar-refractivity contribution in [2.75, 3.05) is 25.1 Å². The van der Waals surface area contributed by atoms with Crippen molar-refractivity contribution in [3.63, 3.8) is 0 Å². The van der Waals surface area contributed by atoms with Gasteiger partial charge in [-0.15, -0.1) is 0 Å². The Morgan fingerprint density at radius 3 is 2.33 bits per heavy atom. The molecule has 6 nitrogen and oxygen atoms in total. The fraction of sp³-hybridized carbons (Fsp3) is 0.708. The van der Waals surface area contributed by atoms with Crippen LogP contribution in [0, 0.1) is 5.41 Å². The minimum Gasteiger partial charge on any atom is -0.465 e. The molecule has 1 aromatic rings. The third-order valence-electron chi connectivity index (χ3n) is 6.40. The van der Waals surface area contributed by atoms with Gasteiger partial charge in [-0.3, -0.25) is 4.79 Å². The molecule has 0 spiro atoms. The van der Waals surface area contributed by atoms with E-state index in [1.165, 1.54) is 39.2 Å². The van der Waals surface area contributed by atoms with E-state index in [1.54, 1.807) is 12.3 Å². The summed E-state index contributed by atoms with van der Waals surface area (Å²) in [7, 11) is 1.39.